The smallest absolute Gasteiger partial charge is 0.324 e. The van der Waals surface area contributed by atoms with Crippen molar-refractivity contribution in [3.05, 3.63) is 35.4 Å². The molecule has 0 aliphatic carbocycles. The molecule has 1 aromatic carbocycles. The van der Waals surface area contributed by atoms with E-state index in [2.05, 4.69) is 66.0 Å². The van der Waals surface area contributed by atoms with Gasteiger partial charge in [-0.25, -0.2) is 4.79 Å². The number of hydrogen-bond acceptors (Lipinski definition) is 3. The van der Waals surface area contributed by atoms with Crippen molar-refractivity contribution in [2.24, 2.45) is 4.99 Å². The first-order chi connectivity index (χ1) is 12.8. The molecule has 3 N–H and O–H groups in total. The lowest BCUT2D eigenvalue weighted by atomic mass is 9.86. The largest absolute Gasteiger partial charge is 0.357 e. The molecule has 0 bridgehead atoms. The summed E-state index contributed by atoms with van der Waals surface area (Å²) < 4.78 is 0. The van der Waals surface area contributed by atoms with E-state index >= 15 is 0 Å². The highest BCUT2D eigenvalue weighted by Gasteiger charge is 2.27. The van der Waals surface area contributed by atoms with E-state index in [1.807, 2.05) is 6.92 Å². The Labute approximate surface area is 161 Å². The fraction of sp³-hybridized carbons (Fsp3) is 0.550. The van der Waals surface area contributed by atoms with Crippen molar-refractivity contribution in [2.45, 2.75) is 39.5 Å². The molecule has 3 amide bonds. The molecule has 0 unspecified atom stereocenters. The number of nitrogens with one attached hydrogen (secondary N) is 3. The summed E-state index contributed by atoms with van der Waals surface area (Å²) in [6.45, 7) is 10.9. The average Bonchev–Trinajstić information content (AvgIpc) is 2.93. The zero-order valence-electron chi connectivity index (χ0n) is 16.8. The molecule has 7 heteroatoms. The Bertz CT molecular complexity index is 661. The number of nitrogens with zero attached hydrogens (tertiary/aromatic N) is 2. The summed E-state index contributed by atoms with van der Waals surface area (Å²) in [5.41, 5.74) is 2.74. The van der Waals surface area contributed by atoms with Crippen LogP contribution in [-0.2, 0) is 16.6 Å². The Morgan fingerprint density at radius 1 is 1.19 bits per heavy atom. The Balaban J connectivity index is 1.82. The van der Waals surface area contributed by atoms with Gasteiger partial charge in [0.25, 0.3) is 0 Å². The van der Waals surface area contributed by atoms with E-state index in [1.165, 1.54) is 16.0 Å². The van der Waals surface area contributed by atoms with Crippen LogP contribution in [0.1, 0.15) is 38.8 Å². The lowest BCUT2D eigenvalue weighted by Crippen LogP contribution is -2.43. The maximum absolute atomic E-state index is 11.6. The molecule has 1 aliphatic rings. The summed E-state index contributed by atoms with van der Waals surface area (Å²) in [5.74, 6) is 0.498. The van der Waals surface area contributed by atoms with Crippen LogP contribution in [0.4, 0.5) is 4.79 Å². The maximum Gasteiger partial charge on any atom is 0.324 e. The highest BCUT2D eigenvalue weighted by molar-refractivity contribution is 6.01. The third-order valence-corrected chi connectivity index (χ3v) is 4.40. The summed E-state index contributed by atoms with van der Waals surface area (Å²) in [6.07, 6.45) is 0.855. The van der Waals surface area contributed by atoms with E-state index in [-0.39, 0.29) is 23.9 Å². The van der Waals surface area contributed by atoms with Gasteiger partial charge in [0, 0.05) is 26.2 Å². The van der Waals surface area contributed by atoms with Crippen molar-refractivity contribution in [1.82, 2.24) is 20.9 Å². The number of imide groups is 1. The summed E-state index contributed by atoms with van der Waals surface area (Å²) >= 11 is 0. The summed E-state index contributed by atoms with van der Waals surface area (Å²) in [4.78, 5) is 28.9. The van der Waals surface area contributed by atoms with Crippen LogP contribution >= 0.6 is 0 Å². The number of benzene rings is 1. The van der Waals surface area contributed by atoms with E-state index in [1.54, 1.807) is 0 Å². The van der Waals surface area contributed by atoms with Crippen molar-refractivity contribution in [2.75, 3.05) is 32.7 Å². The second-order valence-corrected chi connectivity index (χ2v) is 7.59. The SMILES string of the molecule is CCNC(=NCCc1ccc(C(C)(C)C)cc1)NCCN1C(=O)CNC1=O. The van der Waals surface area contributed by atoms with Crippen molar-refractivity contribution in [1.29, 1.82) is 0 Å². The molecule has 7 nitrogen and oxygen atoms in total. The summed E-state index contributed by atoms with van der Waals surface area (Å²) in [5, 5.41) is 8.86. The average molecular weight is 374 g/mol. The number of amides is 3. The monoisotopic (exact) mass is 373 g/mol. The number of urea groups is 1. The second-order valence-electron chi connectivity index (χ2n) is 7.59. The number of carbonyl (C=O) groups is 2. The zero-order valence-corrected chi connectivity index (χ0v) is 16.8. The number of rotatable bonds is 7. The van der Waals surface area contributed by atoms with E-state index in [0.717, 1.165) is 13.0 Å². The van der Waals surface area contributed by atoms with Gasteiger partial charge in [-0.2, -0.15) is 0 Å². The quantitative estimate of drug-likeness (QED) is 0.385. The van der Waals surface area contributed by atoms with Crippen molar-refractivity contribution >= 4 is 17.9 Å². The minimum atomic E-state index is -0.331. The Kier molecular flexibility index (Phi) is 7.21. The Morgan fingerprint density at radius 3 is 2.44 bits per heavy atom. The van der Waals surface area contributed by atoms with Gasteiger partial charge in [-0.1, -0.05) is 45.0 Å². The maximum atomic E-state index is 11.6. The standard InChI is InChI=1S/C20H31N5O2/c1-5-21-18(23-12-13-25-17(26)14-24-19(25)27)22-11-10-15-6-8-16(9-7-15)20(2,3)4/h6-9H,5,10-14H2,1-4H3,(H,24,27)(H2,21,22,23). The first-order valence-electron chi connectivity index (χ1n) is 9.51. The number of aliphatic imine (C=N–C) groups is 1. The predicted octanol–water partition coefficient (Wildman–Crippen LogP) is 1.63. The van der Waals surface area contributed by atoms with Gasteiger partial charge >= 0.3 is 6.03 Å². The van der Waals surface area contributed by atoms with E-state index in [9.17, 15) is 9.59 Å². The first kappa shape index (κ1) is 20.7. The normalized spacial score (nSPS) is 15.1. The van der Waals surface area contributed by atoms with Gasteiger partial charge in [-0.3, -0.25) is 14.7 Å². The number of hydrogen-bond donors (Lipinski definition) is 3. The molecule has 1 heterocycles. The van der Waals surface area contributed by atoms with Gasteiger partial charge < -0.3 is 16.0 Å². The van der Waals surface area contributed by atoms with Gasteiger partial charge in [0.15, 0.2) is 5.96 Å². The molecule has 148 valence electrons. The molecule has 2 rings (SSSR count). The van der Waals surface area contributed by atoms with Crippen molar-refractivity contribution < 1.29 is 9.59 Å². The van der Waals surface area contributed by atoms with Gasteiger partial charge in [-0.05, 0) is 29.9 Å². The predicted molar refractivity (Wildman–Crippen MR) is 108 cm³/mol. The molecule has 0 aromatic heterocycles. The van der Waals surface area contributed by atoms with Crippen LogP contribution in [0, 0.1) is 0 Å². The number of carbonyl (C=O) groups excluding carboxylic acids is 2. The van der Waals surface area contributed by atoms with E-state index < -0.39 is 0 Å². The molecule has 1 saturated heterocycles. The molecule has 27 heavy (non-hydrogen) atoms. The van der Waals surface area contributed by atoms with Crippen LogP contribution in [-0.4, -0.2) is 55.5 Å². The van der Waals surface area contributed by atoms with Gasteiger partial charge in [0.2, 0.25) is 5.91 Å². The topological polar surface area (TPSA) is 85.8 Å². The van der Waals surface area contributed by atoms with Crippen LogP contribution < -0.4 is 16.0 Å². The molecular formula is C20H31N5O2. The molecule has 1 aliphatic heterocycles. The third kappa shape index (κ3) is 6.27. The minimum absolute atomic E-state index is 0.0843. The fourth-order valence-electron chi connectivity index (χ4n) is 2.78. The van der Waals surface area contributed by atoms with Gasteiger partial charge in [0.1, 0.15) is 0 Å². The minimum Gasteiger partial charge on any atom is -0.357 e. The number of guanidine groups is 1. The Hall–Kier alpha value is -2.57. The summed E-state index contributed by atoms with van der Waals surface area (Å²) in [7, 11) is 0. The van der Waals surface area contributed by atoms with Crippen LogP contribution in [0.3, 0.4) is 0 Å². The molecular weight excluding hydrogens is 342 g/mol. The zero-order chi connectivity index (χ0) is 19.9. The molecule has 0 radical (unpaired) electrons. The summed E-state index contributed by atoms with van der Waals surface area (Å²) in [6, 6.07) is 8.35. The van der Waals surface area contributed by atoms with Gasteiger partial charge in [-0.15, -0.1) is 0 Å². The fourth-order valence-corrected chi connectivity index (χ4v) is 2.78. The molecule has 0 atom stereocenters. The molecule has 1 aromatic rings. The van der Waals surface area contributed by atoms with Crippen LogP contribution in [0.2, 0.25) is 0 Å². The second kappa shape index (κ2) is 9.39. The van der Waals surface area contributed by atoms with Crippen molar-refractivity contribution in [3.8, 4) is 0 Å². The van der Waals surface area contributed by atoms with Crippen LogP contribution in [0.15, 0.2) is 29.3 Å². The van der Waals surface area contributed by atoms with Crippen LogP contribution in [0.25, 0.3) is 0 Å². The van der Waals surface area contributed by atoms with E-state index in [4.69, 9.17) is 0 Å². The Morgan fingerprint density at radius 2 is 1.89 bits per heavy atom. The highest BCUT2D eigenvalue weighted by atomic mass is 16.2. The third-order valence-electron chi connectivity index (χ3n) is 4.40. The highest BCUT2D eigenvalue weighted by Crippen LogP contribution is 2.22. The molecule has 0 spiro atoms. The first-order valence-corrected chi connectivity index (χ1v) is 9.51. The van der Waals surface area contributed by atoms with Crippen LogP contribution in [0.5, 0.6) is 0 Å². The lowest BCUT2D eigenvalue weighted by Gasteiger charge is -2.19. The molecule has 0 saturated carbocycles. The van der Waals surface area contributed by atoms with Gasteiger partial charge in [0.05, 0.1) is 6.54 Å². The van der Waals surface area contributed by atoms with E-state index in [0.29, 0.717) is 25.6 Å². The lowest BCUT2D eigenvalue weighted by molar-refractivity contribution is -0.124. The van der Waals surface area contributed by atoms with Crippen molar-refractivity contribution in [3.63, 3.8) is 0 Å². The molecule has 1 fully saturated rings.